The van der Waals surface area contributed by atoms with Crippen molar-refractivity contribution >= 4 is 363 Å². The van der Waals surface area contributed by atoms with Crippen molar-refractivity contribution in [3.8, 4) is 0 Å². The minimum atomic E-state index is -5.17. The van der Waals surface area contributed by atoms with Crippen LogP contribution >= 0.6 is 0 Å². The first-order valence-electron chi connectivity index (χ1n) is 10.2. The fourth-order valence-electron chi connectivity index (χ4n) is 0. The molecule has 60 nitrogen and oxygen atoms in total. The van der Waals surface area contributed by atoms with E-state index in [0.717, 1.165) is 0 Å². The van der Waals surface area contributed by atoms with Crippen molar-refractivity contribution < 1.29 is 263 Å². The molecule has 0 atom stereocenters. The molecule has 0 aromatic carbocycles. The third-order valence-corrected chi connectivity index (χ3v) is 0. The summed E-state index contributed by atoms with van der Waals surface area (Å²) in [5.74, 6) is 0. The van der Waals surface area contributed by atoms with Crippen LogP contribution in [0.25, 0.3) is 0 Å². The largest absolute Gasteiger partial charge is 2.00 e. The molecular weight excluding hydrogens is 1660 g/mol. The van der Waals surface area contributed by atoms with Gasteiger partial charge in [-0.3, -0.25) is 130 Å². The fourth-order valence-corrected chi connectivity index (χ4v) is 0. The Morgan fingerprint density at radius 3 is 0.119 bits per heavy atom. The SMILES string of the molecule is O=S(=O)(O)O.O=S(=O)(O)O.O=S(=O)(O)O.O=S(=O)(O)O.O=S(=O)(O)O.O=S(=O)(O)O.O=S(=O)([O-])[O-].O=S(=O)([O-])[O-].O=S(=O)([O-])[O-].O=S(=O)([O-])[O-].O=S(=O)([O-])[O-].O=S(=O)([O-])[O-].O=S(=O)([O-])[O-].O=S(=O)([O-])[O-].O=S(=O)([O-])[O-].[Mg+2].[Mg+2].[Mg+2].[Mg+2].[Mg+2].[Mg+2].[Mg+2].[Mg+2].[Mg+2]. The Kier molecular flexibility index (Phi) is 143. The summed E-state index contributed by atoms with van der Waals surface area (Å²) < 4.78 is 496. The van der Waals surface area contributed by atoms with Gasteiger partial charge in [0.15, 0.2) is 0 Å². The molecule has 0 spiro atoms. The summed E-state index contributed by atoms with van der Waals surface area (Å²) in [5.41, 5.74) is 0. The van der Waals surface area contributed by atoms with E-state index in [2.05, 4.69) is 0 Å². The molecule has 0 aromatic heterocycles. The van der Waals surface area contributed by atoms with Crippen LogP contribution in [0.5, 0.6) is 0 Å². The standard InChI is InChI=1S/9Mg.15H2O4S/c;;;;;;;;;15*1-5(2,3)4/h;;;;;;;;;15*(H2,1,2,3,4)/q9*+2;;;;;;;;;;;;;;;/p-18. The monoisotopic (exact) mass is 1670 g/mol. The van der Waals surface area contributed by atoms with Crippen LogP contribution < -0.4 is 0 Å². The summed E-state index contributed by atoms with van der Waals surface area (Å²) in [5, 5.41) is 0. The molecule has 480 valence electrons. The van der Waals surface area contributed by atoms with Gasteiger partial charge in [0.2, 0.25) is 0 Å². The average molecular weight is 1670 g/mol. The third-order valence-electron chi connectivity index (χ3n) is 0. The van der Waals surface area contributed by atoms with E-state index in [9.17, 15) is 0 Å². The Morgan fingerprint density at radius 2 is 0.119 bits per heavy atom. The van der Waals surface area contributed by atoms with E-state index in [1.807, 2.05) is 0 Å². The van der Waals surface area contributed by atoms with Crippen molar-refractivity contribution in [3.63, 3.8) is 0 Å². The van der Waals surface area contributed by atoms with E-state index in [1.165, 1.54) is 0 Å². The predicted octanol–water partition coefficient (Wildman–Crippen LogP) is -19.4. The van der Waals surface area contributed by atoms with Gasteiger partial charge < -0.3 is 81.9 Å². The van der Waals surface area contributed by atoms with Gasteiger partial charge in [-0.05, 0) is 0 Å². The topological polar surface area (TPSA) is 1170 Å². The molecule has 0 saturated heterocycles. The zero-order valence-electron chi connectivity index (χ0n) is 37.5. The minimum Gasteiger partial charge on any atom is -0.759 e. The number of rotatable bonds is 0. The second kappa shape index (κ2) is 73.8. The molecule has 0 rings (SSSR count). The maximum Gasteiger partial charge on any atom is 2.00 e. The molecule has 0 bridgehead atoms. The van der Waals surface area contributed by atoms with E-state index in [1.54, 1.807) is 0 Å². The molecule has 0 unspecified atom stereocenters. The molecule has 0 aliphatic heterocycles. The van der Waals surface area contributed by atoms with Crippen molar-refractivity contribution in [2.75, 3.05) is 0 Å². The minimum absolute atomic E-state index is 0. The normalized spacial score (nSPS) is 10.4. The predicted molar refractivity (Wildman–Crippen MR) is 231 cm³/mol. The summed E-state index contributed by atoms with van der Waals surface area (Å²) >= 11 is 0. The number of hydrogen-bond donors (Lipinski definition) is 12. The van der Waals surface area contributed by atoms with Crippen LogP contribution in [0, 0.1) is 0 Å². The van der Waals surface area contributed by atoms with Gasteiger partial charge >= 0.3 is 270 Å². The van der Waals surface area contributed by atoms with Crippen LogP contribution in [0.1, 0.15) is 0 Å². The molecule has 0 saturated carbocycles. The molecule has 12 N–H and O–H groups in total. The zero-order chi connectivity index (χ0) is 67.5. The van der Waals surface area contributed by atoms with Crippen LogP contribution in [-0.4, -0.2) is 470 Å². The van der Waals surface area contributed by atoms with Crippen LogP contribution in [0.4, 0.5) is 0 Å². The van der Waals surface area contributed by atoms with E-state index in [0.29, 0.717) is 0 Å². The molecule has 0 radical (unpaired) electrons. The number of hydrogen-bond acceptors (Lipinski definition) is 48. The van der Waals surface area contributed by atoms with E-state index >= 15 is 0 Å². The van der Waals surface area contributed by atoms with Crippen LogP contribution in [0.2, 0.25) is 0 Å². The molecule has 84 heteroatoms. The van der Waals surface area contributed by atoms with Gasteiger partial charge in [0.25, 0.3) is 0 Å². The zero-order valence-corrected chi connectivity index (χ0v) is 62.4. The van der Waals surface area contributed by atoms with E-state index in [-0.39, 0.29) is 207 Å². The maximum absolute atomic E-state index is 8.74. The quantitative estimate of drug-likeness (QED) is 0.0609. The van der Waals surface area contributed by atoms with Crippen molar-refractivity contribution in [2.45, 2.75) is 0 Å². The molecule has 84 heavy (non-hydrogen) atoms. The Balaban J connectivity index is -0.0000000207. The first kappa shape index (κ1) is 163. The summed E-state index contributed by atoms with van der Waals surface area (Å²) in [6, 6.07) is 0. The Hall–Kier alpha value is 4.95. The Bertz CT molecular complexity index is 2220. The molecule has 0 aliphatic carbocycles. The van der Waals surface area contributed by atoms with Crippen molar-refractivity contribution in [1.82, 2.24) is 0 Å². The van der Waals surface area contributed by atoms with Gasteiger partial charge in [-0.1, -0.05) is 0 Å². The molecule has 0 aromatic rings. The summed E-state index contributed by atoms with van der Waals surface area (Å²) in [6.07, 6.45) is 0. The fraction of sp³-hybridized carbons (Fsp3) is 0. The van der Waals surface area contributed by atoms with Gasteiger partial charge in [-0.25, -0.2) is 0 Å². The Labute approximate surface area is 616 Å². The van der Waals surface area contributed by atoms with E-state index in [4.69, 9.17) is 263 Å². The second-order valence-electron chi connectivity index (χ2n) is 6.36. The molecule has 0 fully saturated rings. The average Bonchev–Trinajstić information content (AvgIpc) is 2.65. The first-order chi connectivity index (χ1) is 30.0. The summed E-state index contributed by atoms with van der Waals surface area (Å²) in [7, 11) is -74.5. The van der Waals surface area contributed by atoms with Gasteiger partial charge in [0.1, 0.15) is 0 Å². The van der Waals surface area contributed by atoms with Crippen LogP contribution in [0.15, 0.2) is 0 Å². The maximum atomic E-state index is 8.74. The molecular formula is H12Mg9O60S15. The van der Waals surface area contributed by atoms with Crippen molar-refractivity contribution in [1.29, 1.82) is 0 Å². The van der Waals surface area contributed by atoms with Crippen molar-refractivity contribution in [3.05, 3.63) is 0 Å². The smallest absolute Gasteiger partial charge is 0.759 e. The van der Waals surface area contributed by atoms with Crippen LogP contribution in [-0.2, 0) is 156 Å². The van der Waals surface area contributed by atoms with E-state index < -0.39 is 156 Å². The Morgan fingerprint density at radius 1 is 0.119 bits per heavy atom. The van der Waals surface area contributed by atoms with Gasteiger partial charge in [0, 0.05) is 93.6 Å². The molecule has 0 heterocycles. The molecule has 0 amide bonds. The summed E-state index contributed by atoms with van der Waals surface area (Å²) in [4.78, 5) is 0. The van der Waals surface area contributed by atoms with Gasteiger partial charge in [0.05, 0.1) is 0 Å². The van der Waals surface area contributed by atoms with Crippen LogP contribution in [0.3, 0.4) is 0 Å². The van der Waals surface area contributed by atoms with Gasteiger partial charge in [-0.2, -0.15) is 50.5 Å². The second-order valence-corrected chi connectivity index (χ2v) is 19.1. The van der Waals surface area contributed by atoms with Gasteiger partial charge in [-0.15, -0.1) is 0 Å². The first-order valence-corrected chi connectivity index (χ1v) is 30.6. The summed E-state index contributed by atoms with van der Waals surface area (Å²) in [6.45, 7) is 0. The van der Waals surface area contributed by atoms with Crippen molar-refractivity contribution in [2.24, 2.45) is 0 Å². The molecule has 0 aliphatic rings. The third kappa shape index (κ3) is 26300.